The number of thiazole rings is 1. The van der Waals surface area contributed by atoms with Crippen LogP contribution in [0, 0.1) is 5.92 Å². The summed E-state index contributed by atoms with van der Waals surface area (Å²) in [6, 6.07) is 0.657. The number of hydrogen-bond acceptors (Lipinski definition) is 5. The van der Waals surface area contributed by atoms with E-state index in [-0.39, 0.29) is 0 Å². The Bertz CT molecular complexity index is 396. The Kier molecular flexibility index (Phi) is 6.26. The maximum absolute atomic E-state index is 5.03. The smallest absolute Gasteiger partial charge is 0.185 e. The molecule has 1 heterocycles. The molecule has 0 amide bonds. The fourth-order valence-electron chi connectivity index (χ4n) is 2.94. The molecule has 5 heteroatoms. The van der Waals surface area contributed by atoms with Crippen LogP contribution in [0.2, 0.25) is 0 Å². The molecule has 2 atom stereocenters. The van der Waals surface area contributed by atoms with E-state index in [1.165, 1.54) is 30.6 Å². The van der Waals surface area contributed by atoms with Crippen molar-refractivity contribution < 1.29 is 4.74 Å². The van der Waals surface area contributed by atoms with Gasteiger partial charge < -0.3 is 15.0 Å². The fourth-order valence-corrected chi connectivity index (χ4v) is 3.84. The van der Waals surface area contributed by atoms with Crippen LogP contribution in [0.1, 0.15) is 37.5 Å². The topological polar surface area (TPSA) is 37.4 Å². The van der Waals surface area contributed by atoms with E-state index in [2.05, 4.69) is 29.2 Å². The lowest BCUT2D eigenvalue weighted by molar-refractivity contribution is 0.199. The van der Waals surface area contributed by atoms with Crippen molar-refractivity contribution in [2.75, 3.05) is 32.2 Å². The van der Waals surface area contributed by atoms with Crippen molar-refractivity contribution in [3.63, 3.8) is 0 Å². The molecule has 0 spiro atoms. The van der Waals surface area contributed by atoms with E-state index in [9.17, 15) is 0 Å². The van der Waals surface area contributed by atoms with Crippen LogP contribution in [0.15, 0.2) is 6.20 Å². The standard InChI is InChI=1S/C15H27N3OS/c1-12-6-4-5-7-14(12)18(2)15-17-11-13(20-15)10-16-8-9-19-3/h11-12,14,16H,4-10H2,1-3H3. The van der Waals surface area contributed by atoms with Crippen LogP contribution in [0.3, 0.4) is 0 Å². The van der Waals surface area contributed by atoms with Gasteiger partial charge in [-0.05, 0) is 18.8 Å². The molecule has 20 heavy (non-hydrogen) atoms. The molecule has 4 nitrogen and oxygen atoms in total. The van der Waals surface area contributed by atoms with Gasteiger partial charge in [-0.1, -0.05) is 19.8 Å². The molecule has 2 unspecified atom stereocenters. The fraction of sp³-hybridized carbons (Fsp3) is 0.800. The highest BCUT2D eigenvalue weighted by molar-refractivity contribution is 7.15. The molecule has 114 valence electrons. The van der Waals surface area contributed by atoms with Crippen LogP contribution >= 0.6 is 11.3 Å². The summed E-state index contributed by atoms with van der Waals surface area (Å²) in [7, 11) is 3.93. The lowest BCUT2D eigenvalue weighted by Crippen LogP contribution is -2.38. The Balaban J connectivity index is 1.87. The monoisotopic (exact) mass is 297 g/mol. The largest absolute Gasteiger partial charge is 0.383 e. The quantitative estimate of drug-likeness (QED) is 0.785. The molecule has 0 aromatic carbocycles. The van der Waals surface area contributed by atoms with Crippen molar-refractivity contribution in [3.8, 4) is 0 Å². The molecule has 1 aromatic rings. The Hall–Kier alpha value is -0.650. The highest BCUT2D eigenvalue weighted by Gasteiger charge is 2.26. The van der Waals surface area contributed by atoms with Gasteiger partial charge in [0.2, 0.25) is 0 Å². The number of hydrogen-bond donors (Lipinski definition) is 1. The first-order valence-electron chi connectivity index (χ1n) is 7.59. The molecule has 0 radical (unpaired) electrons. The molecule has 1 aromatic heterocycles. The number of nitrogens with one attached hydrogen (secondary N) is 1. The minimum absolute atomic E-state index is 0.657. The van der Waals surface area contributed by atoms with Gasteiger partial charge in [-0.15, -0.1) is 11.3 Å². The molecule has 0 saturated heterocycles. The summed E-state index contributed by atoms with van der Waals surface area (Å²) in [5.74, 6) is 0.779. The van der Waals surface area contributed by atoms with Gasteiger partial charge in [0, 0.05) is 44.4 Å². The molecule has 1 aliphatic rings. The molecule has 1 aliphatic carbocycles. The van der Waals surface area contributed by atoms with Gasteiger partial charge in [0.25, 0.3) is 0 Å². The van der Waals surface area contributed by atoms with E-state index >= 15 is 0 Å². The average molecular weight is 297 g/mol. The van der Waals surface area contributed by atoms with Crippen molar-refractivity contribution >= 4 is 16.5 Å². The van der Waals surface area contributed by atoms with Crippen LogP contribution in [-0.4, -0.2) is 38.3 Å². The van der Waals surface area contributed by atoms with Gasteiger partial charge in [0.15, 0.2) is 5.13 Å². The number of aromatic nitrogens is 1. The SMILES string of the molecule is COCCNCc1cnc(N(C)C2CCCCC2C)s1. The van der Waals surface area contributed by atoms with Crippen LogP contribution in [0.25, 0.3) is 0 Å². The van der Waals surface area contributed by atoms with Crippen LogP contribution < -0.4 is 10.2 Å². The lowest BCUT2D eigenvalue weighted by atomic mass is 9.85. The van der Waals surface area contributed by atoms with Gasteiger partial charge in [0.1, 0.15) is 0 Å². The zero-order valence-electron chi connectivity index (χ0n) is 12.9. The normalized spacial score (nSPS) is 22.9. The first kappa shape index (κ1) is 15.7. The predicted octanol–water partition coefficient (Wildman–Crippen LogP) is 2.89. The second-order valence-corrected chi connectivity index (χ2v) is 6.81. The third-order valence-corrected chi connectivity index (χ3v) is 5.28. The Labute approximate surface area is 126 Å². The summed E-state index contributed by atoms with van der Waals surface area (Å²) in [6.45, 7) is 4.90. The van der Waals surface area contributed by atoms with Crippen molar-refractivity contribution in [1.82, 2.24) is 10.3 Å². The highest BCUT2D eigenvalue weighted by Crippen LogP contribution is 2.32. The Morgan fingerprint density at radius 3 is 3.00 bits per heavy atom. The van der Waals surface area contributed by atoms with Gasteiger partial charge in [-0.2, -0.15) is 0 Å². The zero-order chi connectivity index (χ0) is 14.4. The maximum Gasteiger partial charge on any atom is 0.185 e. The van der Waals surface area contributed by atoms with E-state index in [1.807, 2.05) is 6.20 Å². The molecule has 1 N–H and O–H groups in total. The summed E-state index contributed by atoms with van der Waals surface area (Å²) in [6.07, 6.45) is 7.41. The maximum atomic E-state index is 5.03. The minimum atomic E-state index is 0.657. The molecule has 2 rings (SSSR count). The van der Waals surface area contributed by atoms with Crippen LogP contribution in [0.4, 0.5) is 5.13 Å². The van der Waals surface area contributed by atoms with Gasteiger partial charge in [0.05, 0.1) is 6.61 Å². The highest BCUT2D eigenvalue weighted by atomic mass is 32.1. The van der Waals surface area contributed by atoms with Crippen LogP contribution in [-0.2, 0) is 11.3 Å². The van der Waals surface area contributed by atoms with Crippen molar-refractivity contribution in [3.05, 3.63) is 11.1 Å². The van der Waals surface area contributed by atoms with Gasteiger partial charge in [-0.3, -0.25) is 0 Å². The van der Waals surface area contributed by atoms with E-state index in [0.29, 0.717) is 6.04 Å². The van der Waals surface area contributed by atoms with Crippen molar-refractivity contribution in [2.24, 2.45) is 5.92 Å². The zero-order valence-corrected chi connectivity index (χ0v) is 13.7. The summed E-state index contributed by atoms with van der Waals surface area (Å²) in [5, 5.41) is 4.53. The molecule has 1 fully saturated rings. The Morgan fingerprint density at radius 1 is 1.45 bits per heavy atom. The number of ether oxygens (including phenoxy) is 1. The first-order valence-corrected chi connectivity index (χ1v) is 8.41. The first-order chi connectivity index (χ1) is 9.72. The predicted molar refractivity (Wildman–Crippen MR) is 85.5 cm³/mol. The lowest BCUT2D eigenvalue weighted by Gasteiger charge is -2.36. The number of anilines is 1. The molecular formula is C15H27N3OS. The molecule has 0 aliphatic heterocycles. The van der Waals surface area contributed by atoms with E-state index in [1.54, 1.807) is 18.4 Å². The molecule has 0 bridgehead atoms. The van der Waals surface area contributed by atoms with Gasteiger partial charge in [-0.25, -0.2) is 4.98 Å². The summed E-state index contributed by atoms with van der Waals surface area (Å²) in [4.78, 5) is 8.29. The van der Waals surface area contributed by atoms with Gasteiger partial charge >= 0.3 is 0 Å². The summed E-state index contributed by atoms with van der Waals surface area (Å²) >= 11 is 1.81. The number of methoxy groups -OCH3 is 1. The summed E-state index contributed by atoms with van der Waals surface area (Å²) in [5.41, 5.74) is 0. The summed E-state index contributed by atoms with van der Waals surface area (Å²) < 4.78 is 5.03. The van der Waals surface area contributed by atoms with E-state index in [4.69, 9.17) is 4.74 Å². The third-order valence-electron chi connectivity index (χ3n) is 4.19. The van der Waals surface area contributed by atoms with E-state index in [0.717, 1.165) is 30.7 Å². The van der Waals surface area contributed by atoms with Crippen molar-refractivity contribution in [2.45, 2.75) is 45.2 Å². The third kappa shape index (κ3) is 4.17. The molecular weight excluding hydrogens is 270 g/mol. The van der Waals surface area contributed by atoms with E-state index < -0.39 is 0 Å². The average Bonchev–Trinajstić information content (AvgIpc) is 2.92. The number of nitrogens with zero attached hydrogens (tertiary/aromatic N) is 2. The molecule has 1 saturated carbocycles. The second-order valence-electron chi connectivity index (χ2n) is 5.72. The number of rotatable bonds is 7. The minimum Gasteiger partial charge on any atom is -0.383 e. The van der Waals surface area contributed by atoms with Crippen LogP contribution in [0.5, 0.6) is 0 Å². The Morgan fingerprint density at radius 2 is 2.25 bits per heavy atom. The second kappa shape index (κ2) is 7.96. The van der Waals surface area contributed by atoms with Crippen molar-refractivity contribution in [1.29, 1.82) is 0 Å².